The van der Waals surface area contributed by atoms with E-state index in [4.69, 9.17) is 0 Å². The predicted octanol–water partition coefficient (Wildman–Crippen LogP) is 2.89. The second-order valence-electron chi connectivity index (χ2n) is 4.13. The SMILES string of the molecule is C1=C(c2cccnc2)C2CCC1C2. The number of hydrogen-bond donors (Lipinski definition) is 0. The molecule has 2 unspecified atom stereocenters. The van der Waals surface area contributed by atoms with Crippen molar-refractivity contribution in [3.8, 4) is 0 Å². The van der Waals surface area contributed by atoms with E-state index >= 15 is 0 Å². The Morgan fingerprint density at radius 2 is 2.31 bits per heavy atom. The van der Waals surface area contributed by atoms with Crippen LogP contribution in [0.4, 0.5) is 0 Å². The van der Waals surface area contributed by atoms with Gasteiger partial charge in [0.15, 0.2) is 0 Å². The lowest BCUT2D eigenvalue weighted by Crippen LogP contribution is -1.96. The molecule has 13 heavy (non-hydrogen) atoms. The molecule has 2 bridgehead atoms. The molecule has 1 saturated carbocycles. The first kappa shape index (κ1) is 7.31. The van der Waals surface area contributed by atoms with Crippen molar-refractivity contribution in [2.75, 3.05) is 0 Å². The molecule has 0 aliphatic heterocycles. The van der Waals surface area contributed by atoms with E-state index in [0.717, 1.165) is 11.8 Å². The van der Waals surface area contributed by atoms with Gasteiger partial charge in [0.05, 0.1) is 0 Å². The second kappa shape index (κ2) is 2.69. The number of aromatic nitrogens is 1. The highest BCUT2D eigenvalue weighted by atomic mass is 14.6. The summed E-state index contributed by atoms with van der Waals surface area (Å²) in [5.74, 6) is 1.72. The van der Waals surface area contributed by atoms with Gasteiger partial charge in [-0.3, -0.25) is 4.98 Å². The van der Waals surface area contributed by atoms with Gasteiger partial charge in [-0.2, -0.15) is 0 Å². The number of hydrogen-bond acceptors (Lipinski definition) is 1. The van der Waals surface area contributed by atoms with Crippen molar-refractivity contribution in [2.45, 2.75) is 19.3 Å². The standard InChI is InChI=1S/C12H13N/c1-2-11(8-13-5-1)12-7-9-3-4-10(12)6-9/h1-2,5,7-10H,3-4,6H2. The summed E-state index contributed by atoms with van der Waals surface area (Å²) in [6.45, 7) is 0. The third-order valence-electron chi connectivity index (χ3n) is 3.32. The second-order valence-corrected chi connectivity index (χ2v) is 4.13. The van der Waals surface area contributed by atoms with E-state index in [-0.39, 0.29) is 0 Å². The molecule has 66 valence electrons. The normalized spacial score (nSPS) is 30.6. The van der Waals surface area contributed by atoms with Gasteiger partial charge >= 0.3 is 0 Å². The molecule has 1 aromatic rings. The molecule has 0 amide bonds. The minimum absolute atomic E-state index is 0.842. The third kappa shape index (κ3) is 1.11. The molecule has 1 aromatic heterocycles. The summed E-state index contributed by atoms with van der Waals surface area (Å²) >= 11 is 0. The van der Waals surface area contributed by atoms with Crippen molar-refractivity contribution in [3.05, 3.63) is 36.2 Å². The summed E-state index contributed by atoms with van der Waals surface area (Å²) in [6, 6.07) is 4.21. The van der Waals surface area contributed by atoms with E-state index in [0.29, 0.717) is 0 Å². The lowest BCUT2D eigenvalue weighted by molar-refractivity contribution is 0.695. The maximum atomic E-state index is 4.17. The number of nitrogens with zero attached hydrogens (tertiary/aromatic N) is 1. The third-order valence-corrected chi connectivity index (χ3v) is 3.32. The molecule has 1 heterocycles. The van der Waals surface area contributed by atoms with Crippen molar-refractivity contribution in [1.29, 1.82) is 0 Å². The molecule has 2 aliphatic rings. The van der Waals surface area contributed by atoms with E-state index in [2.05, 4.69) is 17.1 Å². The van der Waals surface area contributed by atoms with E-state index < -0.39 is 0 Å². The van der Waals surface area contributed by atoms with Gasteiger partial charge in [0, 0.05) is 12.4 Å². The van der Waals surface area contributed by atoms with Gasteiger partial charge in [-0.15, -0.1) is 0 Å². The van der Waals surface area contributed by atoms with Crippen LogP contribution in [0.2, 0.25) is 0 Å². The smallest absolute Gasteiger partial charge is 0.0343 e. The molecule has 2 atom stereocenters. The molecule has 3 rings (SSSR count). The Balaban J connectivity index is 1.99. The maximum absolute atomic E-state index is 4.17. The molecule has 0 radical (unpaired) electrons. The summed E-state index contributed by atoms with van der Waals surface area (Å²) < 4.78 is 0. The van der Waals surface area contributed by atoms with Crippen molar-refractivity contribution in [2.24, 2.45) is 11.8 Å². The lowest BCUT2D eigenvalue weighted by Gasteiger charge is -2.12. The van der Waals surface area contributed by atoms with Crippen molar-refractivity contribution < 1.29 is 0 Å². The Hall–Kier alpha value is -1.11. The summed E-state index contributed by atoms with van der Waals surface area (Å²) in [6.07, 6.45) is 10.5. The minimum atomic E-state index is 0.842. The molecular formula is C12H13N. The van der Waals surface area contributed by atoms with Gasteiger partial charge in [-0.05, 0) is 48.3 Å². The monoisotopic (exact) mass is 171 g/mol. The lowest BCUT2D eigenvalue weighted by atomic mass is 9.93. The number of fused-ring (bicyclic) bond motifs is 2. The van der Waals surface area contributed by atoms with Gasteiger partial charge in [0.1, 0.15) is 0 Å². The van der Waals surface area contributed by atoms with Crippen LogP contribution in [0.5, 0.6) is 0 Å². The zero-order valence-electron chi connectivity index (χ0n) is 7.61. The van der Waals surface area contributed by atoms with E-state index in [1.165, 1.54) is 24.8 Å². The Kier molecular flexibility index (Phi) is 1.51. The van der Waals surface area contributed by atoms with E-state index in [9.17, 15) is 0 Å². The van der Waals surface area contributed by atoms with Crippen LogP contribution in [0, 0.1) is 11.8 Å². The van der Waals surface area contributed by atoms with Gasteiger partial charge in [0.25, 0.3) is 0 Å². The Bertz CT molecular complexity index is 339. The fraction of sp³-hybridized carbons (Fsp3) is 0.417. The number of rotatable bonds is 1. The van der Waals surface area contributed by atoms with E-state index in [1.807, 2.05) is 18.5 Å². The quantitative estimate of drug-likeness (QED) is 0.633. The molecular weight excluding hydrogens is 158 g/mol. The zero-order valence-corrected chi connectivity index (χ0v) is 7.61. The molecule has 1 heteroatoms. The Morgan fingerprint density at radius 3 is 2.92 bits per heavy atom. The van der Waals surface area contributed by atoms with Crippen LogP contribution in [-0.2, 0) is 0 Å². The molecule has 0 N–H and O–H groups in total. The van der Waals surface area contributed by atoms with Crippen LogP contribution in [0.3, 0.4) is 0 Å². The van der Waals surface area contributed by atoms with Crippen LogP contribution >= 0.6 is 0 Å². The minimum Gasteiger partial charge on any atom is -0.264 e. The summed E-state index contributed by atoms with van der Waals surface area (Å²) in [5.41, 5.74) is 2.90. The molecule has 1 nitrogen and oxygen atoms in total. The number of allylic oxidation sites excluding steroid dienone is 2. The zero-order chi connectivity index (χ0) is 8.67. The van der Waals surface area contributed by atoms with Crippen molar-refractivity contribution >= 4 is 5.57 Å². The molecule has 0 aromatic carbocycles. The first-order valence-corrected chi connectivity index (χ1v) is 5.05. The highest BCUT2D eigenvalue weighted by Crippen LogP contribution is 2.47. The fourth-order valence-corrected chi connectivity index (χ4v) is 2.71. The van der Waals surface area contributed by atoms with Crippen LogP contribution in [0.25, 0.3) is 5.57 Å². The molecule has 0 spiro atoms. The largest absolute Gasteiger partial charge is 0.264 e. The van der Waals surface area contributed by atoms with Crippen LogP contribution < -0.4 is 0 Å². The van der Waals surface area contributed by atoms with E-state index in [1.54, 1.807) is 5.57 Å². The fourth-order valence-electron chi connectivity index (χ4n) is 2.71. The summed E-state index contributed by atoms with van der Waals surface area (Å²) in [4.78, 5) is 4.17. The number of pyridine rings is 1. The van der Waals surface area contributed by atoms with Crippen LogP contribution in [-0.4, -0.2) is 4.98 Å². The highest BCUT2D eigenvalue weighted by molar-refractivity contribution is 5.69. The van der Waals surface area contributed by atoms with Gasteiger partial charge in [-0.1, -0.05) is 12.1 Å². The summed E-state index contributed by atoms with van der Waals surface area (Å²) in [7, 11) is 0. The highest BCUT2D eigenvalue weighted by Gasteiger charge is 2.32. The van der Waals surface area contributed by atoms with Crippen molar-refractivity contribution in [1.82, 2.24) is 4.98 Å². The average molecular weight is 171 g/mol. The Labute approximate surface area is 78.5 Å². The van der Waals surface area contributed by atoms with Gasteiger partial charge < -0.3 is 0 Å². The average Bonchev–Trinajstić information content (AvgIpc) is 2.80. The molecule has 0 saturated heterocycles. The summed E-state index contributed by atoms with van der Waals surface area (Å²) in [5, 5.41) is 0. The van der Waals surface area contributed by atoms with Crippen LogP contribution in [0.1, 0.15) is 24.8 Å². The Morgan fingerprint density at radius 1 is 1.31 bits per heavy atom. The topological polar surface area (TPSA) is 12.9 Å². The maximum Gasteiger partial charge on any atom is 0.0343 e. The van der Waals surface area contributed by atoms with Crippen LogP contribution in [0.15, 0.2) is 30.6 Å². The van der Waals surface area contributed by atoms with Gasteiger partial charge in [0.2, 0.25) is 0 Å². The first-order valence-electron chi connectivity index (χ1n) is 5.05. The van der Waals surface area contributed by atoms with Gasteiger partial charge in [-0.25, -0.2) is 0 Å². The first-order chi connectivity index (χ1) is 6.43. The molecule has 1 fully saturated rings. The van der Waals surface area contributed by atoms with Crippen molar-refractivity contribution in [3.63, 3.8) is 0 Å². The predicted molar refractivity (Wildman–Crippen MR) is 53.0 cm³/mol. The molecule has 2 aliphatic carbocycles.